The fourth-order valence-electron chi connectivity index (χ4n) is 1.79. The summed E-state index contributed by atoms with van der Waals surface area (Å²) in [5.41, 5.74) is -0.981. The summed E-state index contributed by atoms with van der Waals surface area (Å²) >= 11 is 0. The molecule has 0 radical (unpaired) electrons. The van der Waals surface area contributed by atoms with E-state index in [4.69, 9.17) is 4.52 Å². The average molecular weight is 328 g/mol. The van der Waals surface area contributed by atoms with Crippen molar-refractivity contribution in [2.45, 2.75) is 39.4 Å². The van der Waals surface area contributed by atoms with E-state index in [0.717, 1.165) is 12.1 Å². The first-order chi connectivity index (χ1) is 10.7. The molecule has 0 atom stereocenters. The van der Waals surface area contributed by atoms with Crippen LogP contribution < -0.4 is 5.32 Å². The first-order valence-electron chi connectivity index (χ1n) is 6.84. The minimum absolute atomic E-state index is 0.00620. The molecule has 2 rings (SSSR count). The van der Waals surface area contributed by atoms with Crippen molar-refractivity contribution in [3.05, 3.63) is 40.8 Å². The van der Waals surface area contributed by atoms with Crippen molar-refractivity contribution in [2.24, 2.45) is 0 Å². The van der Waals surface area contributed by atoms with Crippen molar-refractivity contribution in [3.63, 3.8) is 0 Å². The zero-order valence-corrected chi connectivity index (χ0v) is 12.7. The number of alkyl halides is 3. The zero-order chi connectivity index (χ0) is 17.2. The van der Waals surface area contributed by atoms with Gasteiger partial charge in [0.1, 0.15) is 5.69 Å². The van der Waals surface area contributed by atoms with Gasteiger partial charge in [-0.2, -0.15) is 18.2 Å². The van der Waals surface area contributed by atoms with Gasteiger partial charge in [0.15, 0.2) is 5.82 Å². The van der Waals surface area contributed by atoms with Crippen LogP contribution in [0, 0.1) is 6.92 Å². The van der Waals surface area contributed by atoms with Gasteiger partial charge >= 0.3 is 6.18 Å². The Labute approximate surface area is 130 Å². The Morgan fingerprint density at radius 3 is 2.52 bits per heavy atom. The van der Waals surface area contributed by atoms with E-state index >= 15 is 0 Å². The van der Waals surface area contributed by atoms with Gasteiger partial charge in [0.05, 0.1) is 17.8 Å². The number of rotatable bonds is 4. The van der Waals surface area contributed by atoms with E-state index in [1.807, 2.05) is 13.8 Å². The number of aryl methyl sites for hydroxylation is 1. The van der Waals surface area contributed by atoms with Crippen LogP contribution in [0.4, 0.5) is 13.2 Å². The number of nitrogens with zero attached hydrogens (tertiary/aromatic N) is 3. The van der Waals surface area contributed by atoms with Crippen molar-refractivity contribution in [2.75, 3.05) is 0 Å². The molecule has 2 aromatic rings. The average Bonchev–Trinajstić information content (AvgIpc) is 2.92. The Morgan fingerprint density at radius 2 is 2.00 bits per heavy atom. The molecule has 1 N–H and O–H groups in total. The number of carbonyl (C=O) groups excluding carboxylic acids is 1. The second kappa shape index (κ2) is 6.35. The molecule has 0 spiro atoms. The molecule has 6 nitrogen and oxygen atoms in total. The third kappa shape index (κ3) is 4.05. The largest absolute Gasteiger partial charge is 0.433 e. The summed E-state index contributed by atoms with van der Waals surface area (Å²) in [6, 6.07) is 1.86. The highest BCUT2D eigenvalue weighted by atomic mass is 19.4. The fourth-order valence-corrected chi connectivity index (χ4v) is 1.79. The second-order valence-corrected chi connectivity index (χ2v) is 5.21. The number of amides is 1. The normalized spacial score (nSPS) is 11.8. The van der Waals surface area contributed by atoms with Gasteiger partial charge in [0, 0.05) is 5.92 Å². The Kier molecular flexibility index (Phi) is 4.67. The first-order valence-corrected chi connectivity index (χ1v) is 6.84. The number of halogens is 3. The molecule has 0 unspecified atom stereocenters. The third-order valence-corrected chi connectivity index (χ3v) is 3.01. The number of carbonyl (C=O) groups is 1. The van der Waals surface area contributed by atoms with Crippen LogP contribution in [0.3, 0.4) is 0 Å². The summed E-state index contributed by atoms with van der Waals surface area (Å²) in [4.78, 5) is 19.5. The zero-order valence-electron chi connectivity index (χ0n) is 12.7. The molecule has 0 aliphatic heterocycles. The van der Waals surface area contributed by atoms with Crippen LogP contribution >= 0.6 is 0 Å². The monoisotopic (exact) mass is 328 g/mol. The lowest BCUT2D eigenvalue weighted by atomic mass is 10.1. The minimum Gasteiger partial charge on any atom is -0.345 e. The van der Waals surface area contributed by atoms with E-state index in [9.17, 15) is 18.0 Å². The molecule has 0 saturated heterocycles. The predicted octanol–water partition coefficient (Wildman–Crippen LogP) is 2.85. The maximum absolute atomic E-state index is 12.5. The predicted molar refractivity (Wildman–Crippen MR) is 73.5 cm³/mol. The van der Waals surface area contributed by atoms with E-state index < -0.39 is 17.8 Å². The molecule has 0 aromatic carbocycles. The van der Waals surface area contributed by atoms with Gasteiger partial charge in [-0.1, -0.05) is 19.0 Å². The molecular formula is C14H15F3N4O2. The van der Waals surface area contributed by atoms with Gasteiger partial charge in [0.25, 0.3) is 5.91 Å². The molecule has 1 amide bonds. The number of nitrogens with one attached hydrogen (secondary N) is 1. The minimum atomic E-state index is -4.54. The lowest BCUT2D eigenvalue weighted by molar-refractivity contribution is -0.141. The number of hydrogen-bond donors (Lipinski definition) is 1. The first kappa shape index (κ1) is 16.9. The van der Waals surface area contributed by atoms with E-state index in [1.54, 1.807) is 0 Å². The summed E-state index contributed by atoms with van der Waals surface area (Å²) in [6.07, 6.45) is -4.54. The summed E-state index contributed by atoms with van der Waals surface area (Å²) in [6.45, 7) is 5.12. The highest BCUT2D eigenvalue weighted by Gasteiger charge is 2.33. The lowest BCUT2D eigenvalue weighted by Crippen LogP contribution is -2.25. The van der Waals surface area contributed by atoms with Gasteiger partial charge in [-0.15, -0.1) is 0 Å². The smallest absolute Gasteiger partial charge is 0.345 e. The van der Waals surface area contributed by atoms with Crippen LogP contribution in [-0.2, 0) is 12.7 Å². The SMILES string of the molecule is Cc1nc(C(F)(F)F)ccc1C(=O)NCc1noc(C(C)C)n1. The second-order valence-electron chi connectivity index (χ2n) is 5.21. The summed E-state index contributed by atoms with van der Waals surface area (Å²) < 4.78 is 42.6. The molecule has 2 aromatic heterocycles. The molecular weight excluding hydrogens is 313 g/mol. The van der Waals surface area contributed by atoms with Crippen LogP contribution in [-0.4, -0.2) is 21.0 Å². The molecule has 124 valence electrons. The van der Waals surface area contributed by atoms with Gasteiger partial charge in [-0.25, -0.2) is 4.98 Å². The number of pyridine rings is 1. The van der Waals surface area contributed by atoms with Crippen LogP contribution in [0.5, 0.6) is 0 Å². The van der Waals surface area contributed by atoms with Crippen LogP contribution in [0.25, 0.3) is 0 Å². The Hall–Kier alpha value is -2.45. The molecule has 9 heteroatoms. The van der Waals surface area contributed by atoms with Crippen LogP contribution in [0.15, 0.2) is 16.7 Å². The van der Waals surface area contributed by atoms with E-state index in [0.29, 0.717) is 11.7 Å². The van der Waals surface area contributed by atoms with Crippen molar-refractivity contribution >= 4 is 5.91 Å². The third-order valence-electron chi connectivity index (χ3n) is 3.01. The molecule has 23 heavy (non-hydrogen) atoms. The summed E-state index contributed by atoms with van der Waals surface area (Å²) in [5, 5.41) is 6.23. The standard InChI is InChI=1S/C14H15F3N4O2/c1-7(2)13-20-11(21-23-13)6-18-12(22)9-4-5-10(14(15,16)17)19-8(9)3/h4-5,7H,6H2,1-3H3,(H,18,22). The van der Waals surface area contributed by atoms with Gasteiger partial charge in [-0.3, -0.25) is 4.79 Å². The Bertz CT molecular complexity index is 710. The van der Waals surface area contributed by atoms with Crippen molar-refractivity contribution < 1.29 is 22.5 Å². The van der Waals surface area contributed by atoms with Crippen molar-refractivity contribution in [3.8, 4) is 0 Å². The lowest BCUT2D eigenvalue weighted by Gasteiger charge is -2.09. The molecule has 0 bridgehead atoms. The maximum Gasteiger partial charge on any atom is 0.433 e. The van der Waals surface area contributed by atoms with E-state index in [1.165, 1.54) is 6.92 Å². The topological polar surface area (TPSA) is 80.9 Å². The number of aromatic nitrogens is 3. The maximum atomic E-state index is 12.5. The molecule has 2 heterocycles. The highest BCUT2D eigenvalue weighted by Crippen LogP contribution is 2.28. The van der Waals surface area contributed by atoms with Gasteiger partial charge in [-0.05, 0) is 19.1 Å². The molecule has 0 aliphatic rings. The highest BCUT2D eigenvalue weighted by molar-refractivity contribution is 5.95. The van der Waals surface area contributed by atoms with Gasteiger partial charge in [0.2, 0.25) is 5.89 Å². The summed E-state index contributed by atoms with van der Waals surface area (Å²) in [5.74, 6) is 0.245. The Balaban J connectivity index is 2.05. The molecule has 0 aliphatic carbocycles. The molecule has 0 saturated carbocycles. The fraction of sp³-hybridized carbons (Fsp3) is 0.429. The van der Waals surface area contributed by atoms with Crippen LogP contribution in [0.1, 0.15) is 53.2 Å². The number of hydrogen-bond acceptors (Lipinski definition) is 5. The quantitative estimate of drug-likeness (QED) is 0.933. The van der Waals surface area contributed by atoms with Crippen molar-refractivity contribution in [1.29, 1.82) is 0 Å². The van der Waals surface area contributed by atoms with Crippen LogP contribution in [0.2, 0.25) is 0 Å². The van der Waals surface area contributed by atoms with Crippen molar-refractivity contribution in [1.82, 2.24) is 20.4 Å². The van der Waals surface area contributed by atoms with E-state index in [2.05, 4.69) is 20.4 Å². The Morgan fingerprint density at radius 1 is 1.30 bits per heavy atom. The molecule has 0 fully saturated rings. The van der Waals surface area contributed by atoms with Gasteiger partial charge < -0.3 is 9.84 Å². The van der Waals surface area contributed by atoms with E-state index in [-0.39, 0.29) is 23.7 Å². The summed E-state index contributed by atoms with van der Waals surface area (Å²) in [7, 11) is 0.